The average molecular weight is 286 g/mol. The lowest BCUT2D eigenvalue weighted by atomic mass is 9.96. The lowest BCUT2D eigenvalue weighted by Crippen LogP contribution is -2.09. The van der Waals surface area contributed by atoms with Crippen molar-refractivity contribution in [1.29, 1.82) is 0 Å². The van der Waals surface area contributed by atoms with E-state index in [1.54, 1.807) is 14.2 Å². The molecule has 1 unspecified atom stereocenters. The molecule has 0 aromatic heterocycles. The summed E-state index contributed by atoms with van der Waals surface area (Å²) < 4.78 is 11.9. The molecule has 1 aliphatic rings. The Balaban J connectivity index is 2.46. The molecule has 0 saturated carbocycles. The van der Waals surface area contributed by atoms with E-state index in [9.17, 15) is 0 Å². The zero-order valence-corrected chi connectivity index (χ0v) is 11.1. The van der Waals surface area contributed by atoms with Crippen molar-refractivity contribution in [1.82, 2.24) is 5.32 Å². The van der Waals surface area contributed by atoms with Crippen LogP contribution in [0.3, 0.4) is 0 Å². The van der Waals surface area contributed by atoms with Crippen molar-refractivity contribution in [3.05, 3.63) is 22.2 Å². The zero-order chi connectivity index (χ0) is 11.5. The van der Waals surface area contributed by atoms with Crippen molar-refractivity contribution in [2.45, 2.75) is 12.3 Å². The van der Waals surface area contributed by atoms with E-state index in [1.165, 1.54) is 5.56 Å². The van der Waals surface area contributed by atoms with E-state index in [1.807, 2.05) is 12.1 Å². The number of ether oxygens (including phenoxy) is 2. The molecule has 0 aliphatic carbocycles. The molecule has 2 rings (SSSR count). The van der Waals surface area contributed by atoms with Gasteiger partial charge in [0.2, 0.25) is 0 Å². The fraction of sp³-hybridized carbons (Fsp3) is 0.500. The molecule has 1 atom stereocenters. The van der Waals surface area contributed by atoms with Crippen molar-refractivity contribution >= 4 is 15.9 Å². The Labute approximate surface area is 104 Å². The molecule has 16 heavy (non-hydrogen) atoms. The van der Waals surface area contributed by atoms with E-state index < -0.39 is 0 Å². The SMILES string of the molecule is COc1cc(Br)cc(OC)c1C1CCNC1. The minimum absolute atomic E-state index is 0.484. The van der Waals surface area contributed by atoms with Crippen LogP contribution in [0.1, 0.15) is 17.9 Å². The molecular weight excluding hydrogens is 270 g/mol. The van der Waals surface area contributed by atoms with Gasteiger partial charge in [-0.1, -0.05) is 15.9 Å². The summed E-state index contributed by atoms with van der Waals surface area (Å²) in [6.45, 7) is 2.06. The maximum absolute atomic E-state index is 5.44. The fourth-order valence-electron chi connectivity index (χ4n) is 2.21. The van der Waals surface area contributed by atoms with Gasteiger partial charge in [0, 0.05) is 22.5 Å². The van der Waals surface area contributed by atoms with Gasteiger partial charge in [0.1, 0.15) is 11.5 Å². The highest BCUT2D eigenvalue weighted by atomic mass is 79.9. The van der Waals surface area contributed by atoms with E-state index >= 15 is 0 Å². The van der Waals surface area contributed by atoms with Crippen molar-refractivity contribution in [3.63, 3.8) is 0 Å². The molecule has 0 spiro atoms. The fourth-order valence-corrected chi connectivity index (χ4v) is 2.63. The van der Waals surface area contributed by atoms with Gasteiger partial charge in [0.15, 0.2) is 0 Å². The van der Waals surface area contributed by atoms with Crippen LogP contribution in [0.15, 0.2) is 16.6 Å². The van der Waals surface area contributed by atoms with Crippen LogP contribution in [0.4, 0.5) is 0 Å². The molecule has 3 nitrogen and oxygen atoms in total. The Morgan fingerprint density at radius 1 is 1.25 bits per heavy atom. The number of hydrogen-bond acceptors (Lipinski definition) is 3. The Morgan fingerprint density at radius 3 is 2.31 bits per heavy atom. The molecule has 1 aromatic carbocycles. The first-order valence-electron chi connectivity index (χ1n) is 5.38. The van der Waals surface area contributed by atoms with E-state index in [0.29, 0.717) is 5.92 Å². The van der Waals surface area contributed by atoms with Gasteiger partial charge in [0.25, 0.3) is 0 Å². The predicted molar refractivity (Wildman–Crippen MR) is 67.5 cm³/mol. The van der Waals surface area contributed by atoms with E-state index in [0.717, 1.165) is 35.5 Å². The third-order valence-electron chi connectivity index (χ3n) is 2.98. The van der Waals surface area contributed by atoms with Gasteiger partial charge in [-0.2, -0.15) is 0 Å². The molecule has 0 radical (unpaired) electrons. The first kappa shape index (κ1) is 11.7. The largest absolute Gasteiger partial charge is 0.496 e. The van der Waals surface area contributed by atoms with Crippen molar-refractivity contribution in [3.8, 4) is 11.5 Å². The molecule has 1 heterocycles. The number of halogens is 1. The number of nitrogens with one attached hydrogen (secondary N) is 1. The Morgan fingerprint density at radius 2 is 1.88 bits per heavy atom. The molecule has 1 aliphatic heterocycles. The quantitative estimate of drug-likeness (QED) is 0.926. The lowest BCUT2D eigenvalue weighted by Gasteiger charge is -2.18. The minimum atomic E-state index is 0.484. The third-order valence-corrected chi connectivity index (χ3v) is 3.44. The monoisotopic (exact) mass is 285 g/mol. The normalized spacial score (nSPS) is 19.8. The van der Waals surface area contributed by atoms with Crippen LogP contribution in [0.5, 0.6) is 11.5 Å². The average Bonchev–Trinajstić information content (AvgIpc) is 2.80. The van der Waals surface area contributed by atoms with Gasteiger partial charge in [-0.05, 0) is 25.1 Å². The zero-order valence-electron chi connectivity index (χ0n) is 9.55. The summed E-state index contributed by atoms with van der Waals surface area (Å²) in [5, 5.41) is 3.37. The second-order valence-electron chi connectivity index (χ2n) is 3.91. The first-order chi connectivity index (χ1) is 7.76. The second kappa shape index (κ2) is 5.06. The summed E-state index contributed by atoms with van der Waals surface area (Å²) in [4.78, 5) is 0. The molecule has 1 saturated heterocycles. The van der Waals surface area contributed by atoms with Gasteiger partial charge in [0.05, 0.1) is 14.2 Å². The van der Waals surface area contributed by atoms with Crippen LogP contribution in [0.25, 0.3) is 0 Å². The lowest BCUT2D eigenvalue weighted by molar-refractivity contribution is 0.379. The Hall–Kier alpha value is -0.740. The molecular formula is C12H16BrNO2. The molecule has 0 bridgehead atoms. The topological polar surface area (TPSA) is 30.5 Å². The van der Waals surface area contributed by atoms with Crippen LogP contribution in [-0.4, -0.2) is 27.3 Å². The maximum Gasteiger partial charge on any atom is 0.127 e. The highest BCUT2D eigenvalue weighted by Gasteiger charge is 2.24. The molecule has 88 valence electrons. The number of rotatable bonds is 3. The summed E-state index contributed by atoms with van der Waals surface area (Å²) >= 11 is 3.46. The molecule has 4 heteroatoms. The number of methoxy groups -OCH3 is 2. The summed E-state index contributed by atoms with van der Waals surface area (Å²) in [6.07, 6.45) is 1.13. The first-order valence-corrected chi connectivity index (χ1v) is 6.17. The van der Waals surface area contributed by atoms with Crippen LogP contribution in [0, 0.1) is 0 Å². The Kier molecular flexibility index (Phi) is 3.71. The summed E-state index contributed by atoms with van der Waals surface area (Å²) in [5.41, 5.74) is 1.18. The van der Waals surface area contributed by atoms with Crippen molar-refractivity contribution in [2.75, 3.05) is 27.3 Å². The minimum Gasteiger partial charge on any atom is -0.496 e. The molecule has 0 amide bonds. The maximum atomic E-state index is 5.44. The number of benzene rings is 1. The van der Waals surface area contributed by atoms with Crippen LogP contribution >= 0.6 is 15.9 Å². The molecule has 1 aromatic rings. The van der Waals surface area contributed by atoms with Crippen LogP contribution in [0.2, 0.25) is 0 Å². The smallest absolute Gasteiger partial charge is 0.127 e. The van der Waals surface area contributed by atoms with Gasteiger partial charge < -0.3 is 14.8 Å². The third kappa shape index (κ3) is 2.18. The summed E-state index contributed by atoms with van der Waals surface area (Å²) in [5.74, 6) is 2.29. The van der Waals surface area contributed by atoms with Gasteiger partial charge >= 0.3 is 0 Å². The van der Waals surface area contributed by atoms with E-state index in [4.69, 9.17) is 9.47 Å². The predicted octanol–water partition coefficient (Wildman–Crippen LogP) is 2.54. The van der Waals surface area contributed by atoms with Crippen molar-refractivity contribution < 1.29 is 9.47 Å². The molecule has 1 fully saturated rings. The summed E-state index contributed by atoms with van der Waals surface area (Å²) in [6, 6.07) is 3.99. The molecule has 1 N–H and O–H groups in total. The van der Waals surface area contributed by atoms with Gasteiger partial charge in [-0.15, -0.1) is 0 Å². The second-order valence-corrected chi connectivity index (χ2v) is 4.83. The van der Waals surface area contributed by atoms with Crippen LogP contribution < -0.4 is 14.8 Å². The van der Waals surface area contributed by atoms with Crippen molar-refractivity contribution in [2.24, 2.45) is 0 Å². The van der Waals surface area contributed by atoms with Gasteiger partial charge in [-0.25, -0.2) is 0 Å². The number of hydrogen-bond donors (Lipinski definition) is 1. The highest BCUT2D eigenvalue weighted by molar-refractivity contribution is 9.10. The highest BCUT2D eigenvalue weighted by Crippen LogP contribution is 2.40. The van der Waals surface area contributed by atoms with Crippen LogP contribution in [-0.2, 0) is 0 Å². The van der Waals surface area contributed by atoms with Gasteiger partial charge in [-0.3, -0.25) is 0 Å². The standard InChI is InChI=1S/C12H16BrNO2/c1-15-10-5-9(13)6-11(16-2)12(10)8-3-4-14-7-8/h5-6,8,14H,3-4,7H2,1-2H3. The van der Waals surface area contributed by atoms with E-state index in [-0.39, 0.29) is 0 Å². The van der Waals surface area contributed by atoms with E-state index in [2.05, 4.69) is 21.2 Å². The summed E-state index contributed by atoms with van der Waals surface area (Å²) in [7, 11) is 3.40. The Bertz CT molecular complexity index is 350.